The largest absolute Gasteiger partial charge is 0.467 e. The van der Waals surface area contributed by atoms with Crippen molar-refractivity contribution >= 4 is 23.7 Å². The molecule has 0 fully saturated rings. The summed E-state index contributed by atoms with van der Waals surface area (Å²) in [6, 6.07) is 13.3. The molecule has 3 heterocycles. The molecule has 4 rings (SSSR count). The van der Waals surface area contributed by atoms with E-state index in [-0.39, 0.29) is 5.56 Å². The van der Waals surface area contributed by atoms with Crippen molar-refractivity contribution in [2.24, 2.45) is 4.99 Å². The molecule has 138 valence electrons. The van der Waals surface area contributed by atoms with Crippen LogP contribution in [0.2, 0.25) is 0 Å². The van der Waals surface area contributed by atoms with Gasteiger partial charge in [0, 0.05) is 16.7 Å². The first-order valence-electron chi connectivity index (χ1n) is 8.48. The lowest BCUT2D eigenvalue weighted by atomic mass is 10.1. The number of fused-ring (bicyclic) bond motifs is 1. The van der Waals surface area contributed by atoms with Gasteiger partial charge in [0.2, 0.25) is 5.95 Å². The number of anilines is 1. The normalized spacial score (nSPS) is 17.3. The van der Waals surface area contributed by atoms with Crippen LogP contribution in [0.1, 0.15) is 23.2 Å². The molecule has 3 aromatic rings. The Morgan fingerprint density at radius 2 is 2.11 bits per heavy atom. The van der Waals surface area contributed by atoms with Crippen LogP contribution in [0.4, 0.5) is 5.95 Å². The average Bonchev–Trinajstić information content (AvgIpc) is 3.19. The zero-order chi connectivity index (χ0) is 18.8. The van der Waals surface area contributed by atoms with E-state index < -0.39 is 6.17 Å². The highest BCUT2D eigenvalue weighted by Crippen LogP contribution is 2.24. The molecule has 0 saturated carbocycles. The molecule has 0 saturated heterocycles. The molecule has 1 atom stereocenters. The number of aromatic nitrogens is 2. The third-order valence-corrected chi connectivity index (χ3v) is 4.99. The van der Waals surface area contributed by atoms with Crippen LogP contribution in [-0.2, 0) is 6.54 Å². The van der Waals surface area contributed by atoms with E-state index in [1.807, 2.05) is 42.7 Å². The van der Waals surface area contributed by atoms with Crippen LogP contribution < -0.4 is 16.2 Å². The Hall–Kier alpha value is -3.00. The van der Waals surface area contributed by atoms with Gasteiger partial charge in [-0.3, -0.25) is 14.7 Å². The van der Waals surface area contributed by atoms with Gasteiger partial charge in [-0.15, -0.1) is 11.8 Å². The van der Waals surface area contributed by atoms with E-state index in [9.17, 15) is 4.79 Å². The standard InChI is InChI=1S/C19H19N5O2S/c1-12-10-16(25)24-17(13-5-7-15(27-2)8-6-13)22-18(23-19(24)21-12)20-11-14-4-3-9-26-14/h3-10,17H,11H2,1-2H3,(H2,20,21,22,23). The van der Waals surface area contributed by atoms with E-state index in [2.05, 4.69) is 20.6 Å². The SMILES string of the molecule is CSc1ccc(C2NC(=NCc3ccco3)Nc3nc(C)cc(=O)n32)cc1. The van der Waals surface area contributed by atoms with Gasteiger partial charge in [0.25, 0.3) is 5.56 Å². The van der Waals surface area contributed by atoms with Crippen LogP contribution in [0.25, 0.3) is 0 Å². The zero-order valence-electron chi connectivity index (χ0n) is 15.0. The zero-order valence-corrected chi connectivity index (χ0v) is 15.8. The fourth-order valence-electron chi connectivity index (χ4n) is 2.94. The van der Waals surface area contributed by atoms with Gasteiger partial charge in [-0.1, -0.05) is 12.1 Å². The Labute approximate surface area is 160 Å². The highest BCUT2D eigenvalue weighted by atomic mass is 32.2. The van der Waals surface area contributed by atoms with Crippen molar-refractivity contribution < 1.29 is 4.42 Å². The molecule has 0 spiro atoms. The number of thioether (sulfide) groups is 1. The molecular formula is C19H19N5O2S. The highest BCUT2D eigenvalue weighted by molar-refractivity contribution is 7.98. The number of hydrogen-bond acceptors (Lipinski definition) is 5. The van der Waals surface area contributed by atoms with Crippen molar-refractivity contribution in [2.45, 2.75) is 24.5 Å². The van der Waals surface area contributed by atoms with E-state index in [4.69, 9.17) is 4.42 Å². The number of nitrogens with zero attached hydrogens (tertiary/aromatic N) is 3. The monoisotopic (exact) mass is 381 g/mol. The van der Waals surface area contributed by atoms with Gasteiger partial charge in [-0.2, -0.15) is 0 Å². The van der Waals surface area contributed by atoms with Crippen molar-refractivity contribution in [3.8, 4) is 0 Å². The minimum absolute atomic E-state index is 0.124. The second-order valence-corrected chi connectivity index (χ2v) is 7.00. The number of benzene rings is 1. The van der Waals surface area contributed by atoms with E-state index >= 15 is 0 Å². The van der Waals surface area contributed by atoms with Crippen LogP contribution in [0, 0.1) is 6.92 Å². The average molecular weight is 381 g/mol. The molecule has 2 N–H and O–H groups in total. The van der Waals surface area contributed by atoms with Crippen LogP contribution in [-0.4, -0.2) is 21.8 Å². The Bertz CT molecular complexity index is 1030. The first-order chi connectivity index (χ1) is 13.1. The molecule has 1 aliphatic heterocycles. The van der Waals surface area contributed by atoms with Gasteiger partial charge >= 0.3 is 0 Å². The topological polar surface area (TPSA) is 84.5 Å². The predicted octanol–water partition coefficient (Wildman–Crippen LogP) is 2.98. The lowest BCUT2D eigenvalue weighted by Crippen LogP contribution is -2.48. The fourth-order valence-corrected chi connectivity index (χ4v) is 3.35. The Morgan fingerprint density at radius 1 is 1.30 bits per heavy atom. The second-order valence-electron chi connectivity index (χ2n) is 6.12. The summed E-state index contributed by atoms with van der Waals surface area (Å²) in [4.78, 5) is 22.8. The molecule has 8 heteroatoms. The summed E-state index contributed by atoms with van der Waals surface area (Å²) >= 11 is 1.67. The summed E-state index contributed by atoms with van der Waals surface area (Å²) in [7, 11) is 0. The number of aliphatic imine (C=N–C) groups is 1. The van der Waals surface area contributed by atoms with Crippen LogP contribution >= 0.6 is 11.8 Å². The first-order valence-corrected chi connectivity index (χ1v) is 9.71. The molecule has 0 amide bonds. The maximum absolute atomic E-state index is 12.6. The maximum atomic E-state index is 12.6. The van der Waals surface area contributed by atoms with Crippen LogP contribution in [0.15, 0.2) is 67.8 Å². The van der Waals surface area contributed by atoms with Crippen LogP contribution in [0.3, 0.4) is 0 Å². The number of hydrogen-bond donors (Lipinski definition) is 2. The fraction of sp³-hybridized carbons (Fsp3) is 0.211. The molecule has 27 heavy (non-hydrogen) atoms. The van der Waals surface area contributed by atoms with E-state index in [0.717, 1.165) is 16.2 Å². The lowest BCUT2D eigenvalue weighted by molar-refractivity contribution is 0.502. The number of furan rings is 1. The van der Waals surface area contributed by atoms with Crippen molar-refractivity contribution in [3.05, 3.63) is 76.1 Å². The molecule has 1 aliphatic rings. The Morgan fingerprint density at radius 3 is 2.81 bits per heavy atom. The van der Waals surface area contributed by atoms with Crippen molar-refractivity contribution in [1.82, 2.24) is 14.9 Å². The predicted molar refractivity (Wildman–Crippen MR) is 106 cm³/mol. The van der Waals surface area contributed by atoms with Gasteiger partial charge in [0.05, 0.1) is 6.26 Å². The summed E-state index contributed by atoms with van der Waals surface area (Å²) < 4.78 is 6.94. The number of guanidine groups is 1. The summed E-state index contributed by atoms with van der Waals surface area (Å²) in [6.45, 7) is 2.18. The van der Waals surface area contributed by atoms with Gasteiger partial charge in [-0.25, -0.2) is 9.98 Å². The quantitative estimate of drug-likeness (QED) is 0.676. The molecule has 0 bridgehead atoms. The van der Waals surface area contributed by atoms with Gasteiger partial charge in [0.1, 0.15) is 18.5 Å². The third-order valence-electron chi connectivity index (χ3n) is 4.25. The lowest BCUT2D eigenvalue weighted by Gasteiger charge is -2.31. The minimum Gasteiger partial charge on any atom is -0.467 e. The molecule has 1 unspecified atom stereocenters. The number of nitrogens with one attached hydrogen (secondary N) is 2. The third kappa shape index (κ3) is 3.61. The van der Waals surface area contributed by atoms with Crippen molar-refractivity contribution in [2.75, 3.05) is 11.6 Å². The molecule has 0 aliphatic carbocycles. The second kappa shape index (κ2) is 7.32. The Kier molecular flexibility index (Phi) is 4.72. The van der Waals surface area contributed by atoms with Crippen molar-refractivity contribution in [3.63, 3.8) is 0 Å². The highest BCUT2D eigenvalue weighted by Gasteiger charge is 2.26. The molecule has 2 aromatic heterocycles. The summed E-state index contributed by atoms with van der Waals surface area (Å²) in [6.07, 6.45) is 3.25. The molecule has 7 nitrogen and oxygen atoms in total. The van der Waals surface area contributed by atoms with Gasteiger partial charge < -0.3 is 9.73 Å². The van der Waals surface area contributed by atoms with E-state index in [1.165, 1.54) is 6.07 Å². The Balaban J connectivity index is 1.74. The smallest absolute Gasteiger partial charge is 0.257 e. The summed E-state index contributed by atoms with van der Waals surface area (Å²) in [5.74, 6) is 1.77. The van der Waals surface area contributed by atoms with Crippen molar-refractivity contribution in [1.29, 1.82) is 0 Å². The molecular weight excluding hydrogens is 362 g/mol. The van der Waals surface area contributed by atoms with Crippen LogP contribution in [0.5, 0.6) is 0 Å². The first kappa shape index (κ1) is 17.4. The molecule has 1 aromatic carbocycles. The number of aryl methyl sites for hydroxylation is 1. The maximum Gasteiger partial charge on any atom is 0.257 e. The van der Waals surface area contributed by atoms with Gasteiger partial charge in [-0.05, 0) is 43.0 Å². The summed E-state index contributed by atoms with van der Waals surface area (Å²) in [5, 5.41) is 6.41. The summed E-state index contributed by atoms with van der Waals surface area (Å²) in [5.41, 5.74) is 1.48. The van der Waals surface area contributed by atoms with E-state index in [1.54, 1.807) is 29.5 Å². The minimum atomic E-state index is -0.395. The molecule has 0 radical (unpaired) electrons. The number of rotatable bonds is 4. The van der Waals surface area contributed by atoms with E-state index in [0.29, 0.717) is 24.1 Å². The van der Waals surface area contributed by atoms with Gasteiger partial charge in [0.15, 0.2) is 5.96 Å².